The minimum Gasteiger partial charge on any atom is -0.123 e. The molecule has 78 valence electrons. The third-order valence-corrected chi connectivity index (χ3v) is 2.67. The van der Waals surface area contributed by atoms with Gasteiger partial charge in [-0.25, -0.2) is 0 Å². The summed E-state index contributed by atoms with van der Waals surface area (Å²) in [5.41, 5.74) is 4.10. The Morgan fingerprint density at radius 3 is 2.00 bits per heavy atom. The first-order valence-electron chi connectivity index (χ1n) is 5.21. The summed E-state index contributed by atoms with van der Waals surface area (Å²) in [7, 11) is 0. The van der Waals surface area contributed by atoms with Crippen LogP contribution in [0.1, 0.15) is 42.9 Å². The van der Waals surface area contributed by atoms with Gasteiger partial charge in [-0.3, -0.25) is 0 Å². The fourth-order valence-electron chi connectivity index (χ4n) is 1.92. The smallest absolute Gasteiger partial charge is 0.0313 e. The minimum atomic E-state index is 0.255. The summed E-state index contributed by atoms with van der Waals surface area (Å²) in [5, 5.41) is 0.255. The molecule has 2 unspecified atom stereocenters. The van der Waals surface area contributed by atoms with Gasteiger partial charge in [0.1, 0.15) is 0 Å². The molecule has 0 aliphatic heterocycles. The van der Waals surface area contributed by atoms with Crippen LogP contribution >= 0.6 is 11.6 Å². The van der Waals surface area contributed by atoms with Crippen LogP contribution in [0.3, 0.4) is 0 Å². The second-order valence-corrected chi connectivity index (χ2v) is 5.08. The van der Waals surface area contributed by atoms with Crippen LogP contribution in [0.2, 0.25) is 0 Å². The van der Waals surface area contributed by atoms with Gasteiger partial charge in [-0.15, -0.1) is 11.6 Å². The van der Waals surface area contributed by atoms with Crippen molar-refractivity contribution in [1.29, 1.82) is 0 Å². The number of hydrogen-bond acceptors (Lipinski definition) is 0. The number of benzene rings is 1. The predicted molar refractivity (Wildman–Crippen MR) is 64.3 cm³/mol. The zero-order valence-electron chi connectivity index (χ0n) is 9.47. The van der Waals surface area contributed by atoms with Crippen molar-refractivity contribution in [2.45, 2.75) is 45.4 Å². The summed E-state index contributed by atoms with van der Waals surface area (Å²) >= 11 is 6.00. The molecule has 0 N–H and O–H groups in total. The van der Waals surface area contributed by atoms with Crippen LogP contribution in [0, 0.1) is 13.8 Å². The number of rotatable bonds is 3. The number of aryl methyl sites for hydroxylation is 2. The maximum Gasteiger partial charge on any atom is 0.0313 e. The fourth-order valence-corrected chi connectivity index (χ4v) is 2.18. The van der Waals surface area contributed by atoms with Gasteiger partial charge in [0.15, 0.2) is 0 Å². The van der Waals surface area contributed by atoms with Gasteiger partial charge in [0.2, 0.25) is 0 Å². The SMILES string of the molecule is Cc1cc(C)cc(C(C)CC(C)Cl)c1. The molecule has 1 aromatic carbocycles. The normalized spacial score (nSPS) is 15.2. The Balaban J connectivity index is 2.84. The van der Waals surface area contributed by atoms with Gasteiger partial charge in [0, 0.05) is 5.38 Å². The maximum atomic E-state index is 6.00. The van der Waals surface area contributed by atoms with Crippen LogP contribution in [0.25, 0.3) is 0 Å². The molecular formula is C13H19Cl. The Morgan fingerprint density at radius 2 is 1.57 bits per heavy atom. The Labute approximate surface area is 92.3 Å². The summed E-state index contributed by atoms with van der Waals surface area (Å²) in [4.78, 5) is 0. The van der Waals surface area contributed by atoms with Crippen molar-refractivity contribution >= 4 is 11.6 Å². The van der Waals surface area contributed by atoms with Gasteiger partial charge < -0.3 is 0 Å². The Hall–Kier alpha value is -0.490. The van der Waals surface area contributed by atoms with E-state index in [9.17, 15) is 0 Å². The van der Waals surface area contributed by atoms with Crippen LogP contribution in [0.4, 0.5) is 0 Å². The maximum absolute atomic E-state index is 6.00. The molecule has 0 spiro atoms. The van der Waals surface area contributed by atoms with E-state index in [-0.39, 0.29) is 5.38 Å². The molecule has 1 rings (SSSR count). The molecule has 0 saturated heterocycles. The summed E-state index contributed by atoms with van der Waals surface area (Å²) in [6, 6.07) is 6.73. The van der Waals surface area contributed by atoms with Crippen molar-refractivity contribution in [3.63, 3.8) is 0 Å². The molecule has 0 aliphatic carbocycles. The molecule has 0 nitrogen and oxygen atoms in total. The largest absolute Gasteiger partial charge is 0.123 e. The minimum absolute atomic E-state index is 0.255. The fraction of sp³-hybridized carbons (Fsp3) is 0.538. The molecule has 0 bridgehead atoms. The summed E-state index contributed by atoms with van der Waals surface area (Å²) in [6.07, 6.45) is 1.05. The summed E-state index contributed by atoms with van der Waals surface area (Å²) < 4.78 is 0. The highest BCUT2D eigenvalue weighted by Crippen LogP contribution is 2.24. The van der Waals surface area contributed by atoms with Crippen LogP contribution in [-0.2, 0) is 0 Å². The average molecular weight is 211 g/mol. The van der Waals surface area contributed by atoms with Crippen molar-refractivity contribution in [3.05, 3.63) is 34.9 Å². The Morgan fingerprint density at radius 1 is 1.07 bits per heavy atom. The van der Waals surface area contributed by atoms with E-state index in [0.29, 0.717) is 5.92 Å². The number of hydrogen-bond donors (Lipinski definition) is 0. The molecule has 1 heteroatoms. The van der Waals surface area contributed by atoms with Gasteiger partial charge in [-0.2, -0.15) is 0 Å². The Kier molecular flexibility index (Phi) is 4.00. The Bertz CT molecular complexity index is 282. The predicted octanol–water partition coefficient (Wildman–Crippen LogP) is 4.42. The highest BCUT2D eigenvalue weighted by atomic mass is 35.5. The highest BCUT2D eigenvalue weighted by Gasteiger charge is 2.09. The van der Waals surface area contributed by atoms with Crippen LogP contribution in [0.15, 0.2) is 18.2 Å². The van der Waals surface area contributed by atoms with Crippen LogP contribution in [-0.4, -0.2) is 5.38 Å². The number of alkyl halides is 1. The van der Waals surface area contributed by atoms with Crippen molar-refractivity contribution in [2.24, 2.45) is 0 Å². The van der Waals surface area contributed by atoms with Crippen molar-refractivity contribution in [3.8, 4) is 0 Å². The van der Waals surface area contributed by atoms with Crippen LogP contribution in [0.5, 0.6) is 0 Å². The average Bonchev–Trinajstić information content (AvgIpc) is 2.00. The van der Waals surface area contributed by atoms with Crippen LogP contribution < -0.4 is 0 Å². The van der Waals surface area contributed by atoms with Gasteiger partial charge in [-0.1, -0.05) is 36.2 Å². The van der Waals surface area contributed by atoms with E-state index in [1.165, 1.54) is 16.7 Å². The molecular weight excluding hydrogens is 192 g/mol. The van der Waals surface area contributed by atoms with Crippen molar-refractivity contribution in [2.75, 3.05) is 0 Å². The second-order valence-electron chi connectivity index (χ2n) is 4.34. The molecule has 0 heterocycles. The first kappa shape index (κ1) is 11.6. The third kappa shape index (κ3) is 3.34. The monoisotopic (exact) mass is 210 g/mol. The molecule has 0 aromatic heterocycles. The van der Waals surface area contributed by atoms with E-state index < -0.39 is 0 Å². The molecule has 0 amide bonds. The van der Waals surface area contributed by atoms with Gasteiger partial charge in [-0.05, 0) is 38.7 Å². The van der Waals surface area contributed by atoms with E-state index in [1.807, 2.05) is 0 Å². The lowest BCUT2D eigenvalue weighted by Crippen LogP contribution is -2.01. The molecule has 0 fully saturated rings. The van der Waals surface area contributed by atoms with Gasteiger partial charge >= 0.3 is 0 Å². The topological polar surface area (TPSA) is 0 Å². The van der Waals surface area contributed by atoms with E-state index in [1.54, 1.807) is 0 Å². The lowest BCUT2D eigenvalue weighted by atomic mass is 9.93. The van der Waals surface area contributed by atoms with E-state index >= 15 is 0 Å². The first-order chi connectivity index (χ1) is 6.49. The lowest BCUT2D eigenvalue weighted by molar-refractivity contribution is 0.670. The molecule has 0 radical (unpaired) electrons. The molecule has 1 aromatic rings. The van der Waals surface area contributed by atoms with Crippen molar-refractivity contribution in [1.82, 2.24) is 0 Å². The number of halogens is 1. The quantitative estimate of drug-likeness (QED) is 0.648. The van der Waals surface area contributed by atoms with Crippen molar-refractivity contribution < 1.29 is 0 Å². The summed E-state index contributed by atoms with van der Waals surface area (Å²) in [5.74, 6) is 0.557. The second kappa shape index (κ2) is 4.84. The highest BCUT2D eigenvalue weighted by molar-refractivity contribution is 6.20. The third-order valence-electron chi connectivity index (χ3n) is 2.49. The summed E-state index contributed by atoms with van der Waals surface area (Å²) in [6.45, 7) is 8.59. The van der Waals surface area contributed by atoms with Gasteiger partial charge in [0.05, 0.1) is 0 Å². The van der Waals surface area contributed by atoms with Gasteiger partial charge in [0.25, 0.3) is 0 Å². The van der Waals surface area contributed by atoms with E-state index in [0.717, 1.165) is 6.42 Å². The zero-order valence-corrected chi connectivity index (χ0v) is 10.2. The zero-order chi connectivity index (χ0) is 10.7. The lowest BCUT2D eigenvalue weighted by Gasteiger charge is -2.14. The standard InChI is InChI=1S/C13H19Cl/c1-9-5-10(2)7-13(6-9)11(3)8-12(4)14/h5-7,11-12H,8H2,1-4H3. The molecule has 2 atom stereocenters. The van der Waals surface area contributed by atoms with E-state index in [2.05, 4.69) is 45.9 Å². The molecule has 0 saturated carbocycles. The van der Waals surface area contributed by atoms with E-state index in [4.69, 9.17) is 11.6 Å². The molecule has 0 aliphatic rings. The molecule has 14 heavy (non-hydrogen) atoms. The first-order valence-corrected chi connectivity index (χ1v) is 5.65.